The summed E-state index contributed by atoms with van der Waals surface area (Å²) in [6, 6.07) is 7.88. The lowest BCUT2D eigenvalue weighted by Crippen LogP contribution is -2.48. The second-order valence-corrected chi connectivity index (χ2v) is 5.69. The third-order valence-corrected chi connectivity index (χ3v) is 4.17. The van der Waals surface area contributed by atoms with Gasteiger partial charge in [0.1, 0.15) is 0 Å². The number of carbonyl (C=O) groups is 1. The monoisotopic (exact) mass is 330 g/mol. The second-order valence-electron chi connectivity index (χ2n) is 5.29. The molecule has 1 unspecified atom stereocenters. The lowest BCUT2D eigenvalue weighted by atomic mass is 10.0. The third kappa shape index (κ3) is 4.87. The van der Waals surface area contributed by atoms with Crippen molar-refractivity contribution >= 4 is 29.9 Å². The smallest absolute Gasteiger partial charge is 0.223 e. The van der Waals surface area contributed by atoms with Crippen LogP contribution in [0, 0.1) is 0 Å². The summed E-state index contributed by atoms with van der Waals surface area (Å²) in [7, 11) is 0. The summed E-state index contributed by atoms with van der Waals surface area (Å²) >= 11 is 6.29. The molecule has 1 aliphatic heterocycles. The van der Waals surface area contributed by atoms with Crippen molar-refractivity contribution in [2.75, 3.05) is 19.6 Å². The first kappa shape index (κ1) is 18.3. The minimum Gasteiger partial charge on any atom is -0.333 e. The maximum atomic E-state index is 12.4. The van der Waals surface area contributed by atoms with Crippen LogP contribution in [0.15, 0.2) is 24.3 Å². The molecule has 3 nitrogen and oxygen atoms in total. The Morgan fingerprint density at radius 3 is 2.86 bits per heavy atom. The normalized spacial score (nSPS) is 18.2. The van der Waals surface area contributed by atoms with Gasteiger partial charge in [0.25, 0.3) is 0 Å². The van der Waals surface area contributed by atoms with E-state index in [0.717, 1.165) is 49.5 Å². The van der Waals surface area contributed by atoms with Crippen molar-refractivity contribution in [3.05, 3.63) is 34.9 Å². The molecule has 0 radical (unpaired) electrons. The Kier molecular flexibility index (Phi) is 8.09. The van der Waals surface area contributed by atoms with Crippen molar-refractivity contribution < 1.29 is 4.79 Å². The van der Waals surface area contributed by atoms with Gasteiger partial charge in [0.05, 0.1) is 6.04 Å². The highest BCUT2D eigenvalue weighted by Gasteiger charge is 2.28. The SMILES string of the molecule is CCCCCC(=O)N1CCNCC1c1ccccc1Cl.Cl. The molecule has 118 valence electrons. The molecule has 1 aliphatic rings. The Morgan fingerprint density at radius 2 is 2.14 bits per heavy atom. The number of carbonyl (C=O) groups excluding carboxylic acids is 1. The number of amides is 1. The number of halogens is 2. The highest BCUT2D eigenvalue weighted by molar-refractivity contribution is 6.31. The minimum absolute atomic E-state index is 0. The molecule has 5 heteroatoms. The molecule has 0 saturated carbocycles. The molecule has 1 heterocycles. The lowest BCUT2D eigenvalue weighted by Gasteiger charge is -2.37. The molecule has 1 aromatic carbocycles. The summed E-state index contributed by atoms with van der Waals surface area (Å²) in [4.78, 5) is 14.4. The average Bonchev–Trinajstić information content (AvgIpc) is 2.48. The molecule has 0 aromatic heterocycles. The van der Waals surface area contributed by atoms with Gasteiger partial charge in [-0.3, -0.25) is 4.79 Å². The van der Waals surface area contributed by atoms with E-state index in [1.54, 1.807) is 0 Å². The van der Waals surface area contributed by atoms with Crippen LogP contribution in [0.1, 0.15) is 44.2 Å². The Balaban J connectivity index is 0.00000220. The fourth-order valence-electron chi connectivity index (χ4n) is 2.70. The molecule has 0 aliphatic carbocycles. The van der Waals surface area contributed by atoms with E-state index in [0.29, 0.717) is 6.42 Å². The van der Waals surface area contributed by atoms with Gasteiger partial charge in [-0.25, -0.2) is 0 Å². The summed E-state index contributed by atoms with van der Waals surface area (Å²) in [5.74, 6) is 0.255. The zero-order valence-electron chi connectivity index (χ0n) is 12.5. The van der Waals surface area contributed by atoms with Gasteiger partial charge in [0, 0.05) is 31.1 Å². The van der Waals surface area contributed by atoms with Crippen LogP contribution in [0.2, 0.25) is 5.02 Å². The van der Waals surface area contributed by atoms with Gasteiger partial charge < -0.3 is 10.2 Å². The van der Waals surface area contributed by atoms with Crippen LogP contribution in [0.3, 0.4) is 0 Å². The van der Waals surface area contributed by atoms with Crippen LogP contribution in [-0.4, -0.2) is 30.4 Å². The van der Waals surface area contributed by atoms with Crippen LogP contribution in [0.25, 0.3) is 0 Å². The summed E-state index contributed by atoms with van der Waals surface area (Å²) in [6.45, 7) is 4.56. The van der Waals surface area contributed by atoms with E-state index in [1.807, 2.05) is 29.2 Å². The van der Waals surface area contributed by atoms with E-state index in [-0.39, 0.29) is 24.4 Å². The lowest BCUT2D eigenvalue weighted by molar-refractivity contribution is -0.134. The van der Waals surface area contributed by atoms with Crippen LogP contribution in [0.4, 0.5) is 0 Å². The van der Waals surface area contributed by atoms with Gasteiger partial charge in [-0.1, -0.05) is 49.6 Å². The van der Waals surface area contributed by atoms with Gasteiger partial charge in [-0.05, 0) is 18.1 Å². The molecular weight excluding hydrogens is 307 g/mol. The largest absolute Gasteiger partial charge is 0.333 e. The molecule has 1 atom stereocenters. The molecule has 0 spiro atoms. The van der Waals surface area contributed by atoms with E-state index in [9.17, 15) is 4.79 Å². The molecule has 0 bridgehead atoms. The standard InChI is InChI=1S/C16H23ClN2O.ClH/c1-2-3-4-9-16(20)19-11-10-18-12-15(19)13-7-5-6-8-14(13)17;/h5-8,15,18H,2-4,9-12H2,1H3;1H. The number of rotatable bonds is 5. The van der Waals surface area contributed by atoms with Crippen molar-refractivity contribution in [3.8, 4) is 0 Å². The van der Waals surface area contributed by atoms with E-state index < -0.39 is 0 Å². The summed E-state index contributed by atoms with van der Waals surface area (Å²) in [6.07, 6.45) is 3.89. The van der Waals surface area contributed by atoms with E-state index in [1.165, 1.54) is 0 Å². The van der Waals surface area contributed by atoms with Crippen molar-refractivity contribution in [1.82, 2.24) is 10.2 Å². The van der Waals surface area contributed by atoms with Crippen molar-refractivity contribution in [2.24, 2.45) is 0 Å². The van der Waals surface area contributed by atoms with E-state index in [2.05, 4.69) is 12.2 Å². The Morgan fingerprint density at radius 1 is 1.38 bits per heavy atom. The minimum atomic E-state index is 0. The summed E-state index contributed by atoms with van der Waals surface area (Å²) in [5, 5.41) is 4.10. The maximum Gasteiger partial charge on any atom is 0.223 e. The highest BCUT2D eigenvalue weighted by Crippen LogP contribution is 2.29. The number of benzene rings is 1. The zero-order valence-corrected chi connectivity index (χ0v) is 14.1. The Hall–Kier alpha value is -0.770. The van der Waals surface area contributed by atoms with Crippen LogP contribution in [-0.2, 0) is 4.79 Å². The molecule has 21 heavy (non-hydrogen) atoms. The van der Waals surface area contributed by atoms with Crippen molar-refractivity contribution in [1.29, 1.82) is 0 Å². The van der Waals surface area contributed by atoms with Crippen LogP contribution in [0.5, 0.6) is 0 Å². The fraction of sp³-hybridized carbons (Fsp3) is 0.562. The number of nitrogens with one attached hydrogen (secondary N) is 1. The number of piperazine rings is 1. The molecule has 2 rings (SSSR count). The second kappa shape index (κ2) is 9.29. The summed E-state index contributed by atoms with van der Waals surface area (Å²) < 4.78 is 0. The van der Waals surface area contributed by atoms with Gasteiger partial charge in [-0.2, -0.15) is 0 Å². The quantitative estimate of drug-likeness (QED) is 0.832. The van der Waals surface area contributed by atoms with Gasteiger partial charge >= 0.3 is 0 Å². The van der Waals surface area contributed by atoms with Crippen molar-refractivity contribution in [2.45, 2.75) is 38.6 Å². The van der Waals surface area contributed by atoms with Crippen LogP contribution >= 0.6 is 24.0 Å². The molecule has 1 N–H and O–H groups in total. The first-order valence-electron chi connectivity index (χ1n) is 7.48. The number of unbranched alkanes of at least 4 members (excludes halogenated alkanes) is 2. The fourth-order valence-corrected chi connectivity index (χ4v) is 2.96. The molecule has 1 aromatic rings. The van der Waals surface area contributed by atoms with Crippen molar-refractivity contribution in [3.63, 3.8) is 0 Å². The molecule has 1 amide bonds. The predicted octanol–water partition coefficient (Wildman–Crippen LogP) is 3.82. The predicted molar refractivity (Wildman–Crippen MR) is 90.2 cm³/mol. The van der Waals surface area contributed by atoms with Gasteiger partial charge in [0.2, 0.25) is 5.91 Å². The topological polar surface area (TPSA) is 32.3 Å². The molecule has 1 saturated heterocycles. The zero-order chi connectivity index (χ0) is 14.4. The van der Waals surface area contributed by atoms with Gasteiger partial charge in [-0.15, -0.1) is 12.4 Å². The average molecular weight is 331 g/mol. The Labute approximate surface area is 138 Å². The highest BCUT2D eigenvalue weighted by atomic mass is 35.5. The number of hydrogen-bond donors (Lipinski definition) is 1. The Bertz CT molecular complexity index is 454. The molecule has 1 fully saturated rings. The third-order valence-electron chi connectivity index (χ3n) is 3.82. The molecular formula is C16H24Cl2N2O. The van der Waals surface area contributed by atoms with Crippen LogP contribution < -0.4 is 5.32 Å². The number of nitrogens with zero attached hydrogens (tertiary/aromatic N) is 1. The van der Waals surface area contributed by atoms with E-state index in [4.69, 9.17) is 11.6 Å². The maximum absolute atomic E-state index is 12.4. The summed E-state index contributed by atoms with van der Waals surface area (Å²) in [5.41, 5.74) is 1.05. The first-order chi connectivity index (χ1) is 9.74. The first-order valence-corrected chi connectivity index (χ1v) is 7.86. The number of hydrogen-bond acceptors (Lipinski definition) is 2. The van der Waals surface area contributed by atoms with Gasteiger partial charge in [0.15, 0.2) is 0 Å². The van der Waals surface area contributed by atoms with E-state index >= 15 is 0 Å².